The Morgan fingerprint density at radius 3 is 3.33 bits per heavy atom. The summed E-state index contributed by atoms with van der Waals surface area (Å²) in [6.07, 6.45) is 0.943. The maximum Gasteiger partial charge on any atom is 0.350 e. The molecule has 0 saturated carbocycles. The van der Waals surface area contributed by atoms with Crippen molar-refractivity contribution in [3.05, 3.63) is 21.7 Å². The van der Waals surface area contributed by atoms with Crippen LogP contribution in [-0.4, -0.2) is 28.9 Å². The molecule has 0 bridgehead atoms. The van der Waals surface area contributed by atoms with Crippen LogP contribution in [0.4, 0.5) is 5.82 Å². The zero-order chi connectivity index (χ0) is 10.4. The Morgan fingerprint density at radius 2 is 2.47 bits per heavy atom. The maximum absolute atomic E-state index is 11.6. The fourth-order valence-electron chi connectivity index (χ4n) is 2.17. The number of nitrogens with zero attached hydrogens (tertiary/aromatic N) is 3. The van der Waals surface area contributed by atoms with Gasteiger partial charge in [0.1, 0.15) is 17.7 Å². The second-order valence-electron chi connectivity index (χ2n) is 3.78. The SMILES string of the molecule is O=c1nc(Cl)cc2n1C[C@@H]1CCOCN21. The van der Waals surface area contributed by atoms with E-state index in [1.54, 1.807) is 10.6 Å². The van der Waals surface area contributed by atoms with Crippen molar-refractivity contribution in [3.63, 3.8) is 0 Å². The first-order valence-corrected chi connectivity index (χ1v) is 5.25. The number of rotatable bonds is 0. The molecule has 0 aromatic carbocycles. The van der Waals surface area contributed by atoms with Crippen molar-refractivity contribution >= 4 is 17.4 Å². The van der Waals surface area contributed by atoms with Gasteiger partial charge in [-0.05, 0) is 6.42 Å². The molecule has 6 heteroatoms. The lowest BCUT2D eigenvalue weighted by Crippen LogP contribution is -2.39. The van der Waals surface area contributed by atoms with Gasteiger partial charge in [0, 0.05) is 12.6 Å². The van der Waals surface area contributed by atoms with E-state index in [0.717, 1.165) is 18.8 Å². The summed E-state index contributed by atoms with van der Waals surface area (Å²) < 4.78 is 7.03. The molecule has 0 aliphatic carbocycles. The summed E-state index contributed by atoms with van der Waals surface area (Å²) in [7, 11) is 0. The molecule has 1 saturated heterocycles. The highest BCUT2D eigenvalue weighted by Gasteiger charge is 2.32. The van der Waals surface area contributed by atoms with Gasteiger partial charge in [-0.2, -0.15) is 4.98 Å². The predicted molar refractivity (Wildman–Crippen MR) is 55.2 cm³/mol. The third-order valence-electron chi connectivity index (χ3n) is 2.91. The number of fused-ring (bicyclic) bond motifs is 3. The van der Waals surface area contributed by atoms with Crippen molar-refractivity contribution in [1.82, 2.24) is 9.55 Å². The molecule has 1 atom stereocenters. The van der Waals surface area contributed by atoms with E-state index in [0.29, 0.717) is 19.3 Å². The van der Waals surface area contributed by atoms with Crippen molar-refractivity contribution < 1.29 is 4.74 Å². The van der Waals surface area contributed by atoms with Crippen LogP contribution in [0.25, 0.3) is 0 Å². The Hall–Kier alpha value is -1.07. The van der Waals surface area contributed by atoms with E-state index >= 15 is 0 Å². The molecular formula is C9H10ClN3O2. The van der Waals surface area contributed by atoms with E-state index in [-0.39, 0.29) is 10.8 Å². The summed E-state index contributed by atoms with van der Waals surface area (Å²) in [4.78, 5) is 17.4. The first-order chi connectivity index (χ1) is 7.25. The zero-order valence-corrected chi connectivity index (χ0v) is 8.78. The topological polar surface area (TPSA) is 47.4 Å². The Labute approximate surface area is 91.2 Å². The van der Waals surface area contributed by atoms with Crippen molar-refractivity contribution in [2.75, 3.05) is 18.2 Å². The Morgan fingerprint density at radius 1 is 1.60 bits per heavy atom. The van der Waals surface area contributed by atoms with Gasteiger partial charge in [0.15, 0.2) is 0 Å². The van der Waals surface area contributed by atoms with Crippen LogP contribution in [-0.2, 0) is 11.3 Å². The largest absolute Gasteiger partial charge is 0.361 e. The Kier molecular flexibility index (Phi) is 1.97. The second kappa shape index (κ2) is 3.21. The highest BCUT2D eigenvalue weighted by atomic mass is 35.5. The lowest BCUT2D eigenvalue weighted by atomic mass is 10.2. The first kappa shape index (κ1) is 9.18. The lowest BCUT2D eigenvalue weighted by molar-refractivity contribution is 0.0904. The van der Waals surface area contributed by atoms with Gasteiger partial charge in [-0.15, -0.1) is 0 Å². The summed E-state index contributed by atoms with van der Waals surface area (Å²) in [6, 6.07) is 2.07. The average Bonchev–Trinajstić information content (AvgIpc) is 2.57. The number of hydrogen-bond donors (Lipinski definition) is 0. The van der Waals surface area contributed by atoms with Crippen LogP contribution in [0.15, 0.2) is 10.9 Å². The molecule has 2 aliphatic heterocycles. The van der Waals surface area contributed by atoms with Gasteiger partial charge in [-0.3, -0.25) is 4.57 Å². The van der Waals surface area contributed by atoms with E-state index in [9.17, 15) is 4.79 Å². The van der Waals surface area contributed by atoms with Gasteiger partial charge < -0.3 is 9.64 Å². The third kappa shape index (κ3) is 1.34. The van der Waals surface area contributed by atoms with Crippen LogP contribution in [0.1, 0.15) is 6.42 Å². The smallest absolute Gasteiger partial charge is 0.350 e. The number of halogens is 1. The fraction of sp³-hybridized carbons (Fsp3) is 0.556. The normalized spacial score (nSPS) is 23.8. The molecule has 15 heavy (non-hydrogen) atoms. The Bertz CT molecular complexity index is 459. The van der Waals surface area contributed by atoms with Crippen molar-refractivity contribution in [2.24, 2.45) is 0 Å². The molecule has 1 aromatic rings. The fourth-order valence-corrected chi connectivity index (χ4v) is 2.34. The molecule has 2 aliphatic rings. The zero-order valence-electron chi connectivity index (χ0n) is 8.02. The molecule has 3 rings (SSSR count). The van der Waals surface area contributed by atoms with Crippen LogP contribution in [0.5, 0.6) is 0 Å². The molecule has 80 valence electrons. The highest BCUT2D eigenvalue weighted by Crippen LogP contribution is 2.29. The molecule has 0 unspecified atom stereocenters. The van der Waals surface area contributed by atoms with E-state index in [4.69, 9.17) is 16.3 Å². The first-order valence-electron chi connectivity index (χ1n) is 4.87. The maximum atomic E-state index is 11.6. The van der Waals surface area contributed by atoms with Gasteiger partial charge in [0.05, 0.1) is 12.6 Å². The van der Waals surface area contributed by atoms with E-state index in [1.807, 2.05) is 0 Å². The van der Waals surface area contributed by atoms with Crippen LogP contribution in [0, 0.1) is 0 Å². The quantitative estimate of drug-likeness (QED) is 0.605. The number of hydrogen-bond acceptors (Lipinski definition) is 4. The van der Waals surface area contributed by atoms with Gasteiger partial charge in [0.25, 0.3) is 0 Å². The van der Waals surface area contributed by atoms with E-state index in [1.165, 1.54) is 0 Å². The van der Waals surface area contributed by atoms with Crippen LogP contribution in [0.3, 0.4) is 0 Å². The molecule has 0 amide bonds. The summed E-state index contributed by atoms with van der Waals surface area (Å²) in [5.74, 6) is 0.824. The summed E-state index contributed by atoms with van der Waals surface area (Å²) in [5, 5.41) is 0.248. The molecule has 0 N–H and O–H groups in total. The number of aromatic nitrogens is 2. The minimum atomic E-state index is -0.271. The Balaban J connectivity index is 2.12. The van der Waals surface area contributed by atoms with E-state index < -0.39 is 0 Å². The number of anilines is 1. The van der Waals surface area contributed by atoms with Crippen LogP contribution < -0.4 is 10.6 Å². The lowest BCUT2D eigenvalue weighted by Gasteiger charge is -2.30. The average molecular weight is 228 g/mol. The van der Waals surface area contributed by atoms with Gasteiger partial charge in [-0.1, -0.05) is 11.6 Å². The molecule has 5 nitrogen and oxygen atoms in total. The van der Waals surface area contributed by atoms with Crippen molar-refractivity contribution in [1.29, 1.82) is 0 Å². The summed E-state index contributed by atoms with van der Waals surface area (Å²) >= 11 is 5.77. The van der Waals surface area contributed by atoms with Gasteiger partial charge in [0.2, 0.25) is 0 Å². The highest BCUT2D eigenvalue weighted by molar-refractivity contribution is 6.29. The van der Waals surface area contributed by atoms with Crippen molar-refractivity contribution in [2.45, 2.75) is 19.0 Å². The standard InChI is InChI=1S/C9H10ClN3O2/c10-7-3-8-12(9(14)11-7)4-6-1-2-15-5-13(6)8/h3,6H,1-2,4-5H2/t6-/m0/s1. The van der Waals surface area contributed by atoms with Crippen LogP contribution in [0.2, 0.25) is 5.15 Å². The molecule has 1 aromatic heterocycles. The predicted octanol–water partition coefficient (Wildman–Crippen LogP) is 0.463. The molecule has 1 fully saturated rings. The van der Waals surface area contributed by atoms with Crippen molar-refractivity contribution in [3.8, 4) is 0 Å². The summed E-state index contributed by atoms with van der Waals surface area (Å²) in [5.41, 5.74) is -0.271. The third-order valence-corrected chi connectivity index (χ3v) is 3.11. The van der Waals surface area contributed by atoms with Gasteiger partial charge >= 0.3 is 5.69 Å². The molecular weight excluding hydrogens is 218 g/mol. The molecule has 0 spiro atoms. The minimum Gasteiger partial charge on any atom is -0.361 e. The number of ether oxygens (including phenoxy) is 1. The minimum absolute atomic E-state index is 0.248. The summed E-state index contributed by atoms with van der Waals surface area (Å²) in [6.45, 7) is 1.98. The molecule has 3 heterocycles. The van der Waals surface area contributed by atoms with E-state index in [2.05, 4.69) is 9.88 Å². The van der Waals surface area contributed by atoms with Crippen LogP contribution >= 0.6 is 11.6 Å². The molecule has 0 radical (unpaired) electrons. The monoisotopic (exact) mass is 227 g/mol. The second-order valence-corrected chi connectivity index (χ2v) is 4.17. The van der Waals surface area contributed by atoms with Gasteiger partial charge in [-0.25, -0.2) is 4.79 Å².